The Bertz CT molecular complexity index is 742. The summed E-state index contributed by atoms with van der Waals surface area (Å²) in [6.07, 6.45) is -4.84. The Hall–Kier alpha value is -1.93. The molecule has 1 heterocycles. The topological polar surface area (TPSA) is 71.8 Å². The van der Waals surface area contributed by atoms with Crippen LogP contribution >= 0.6 is 11.6 Å². The van der Waals surface area contributed by atoms with E-state index in [1.807, 2.05) is 4.98 Å². The second-order valence-corrected chi connectivity index (χ2v) is 4.48. The monoisotopic (exact) mass is 321 g/mol. The maximum Gasteiger partial charge on any atom is 0.433 e. The molecule has 0 radical (unpaired) electrons. The van der Waals surface area contributed by atoms with Crippen molar-refractivity contribution in [1.82, 2.24) is 9.97 Å². The lowest BCUT2D eigenvalue weighted by Crippen LogP contribution is -2.17. The van der Waals surface area contributed by atoms with Crippen molar-refractivity contribution in [3.05, 3.63) is 50.7 Å². The lowest BCUT2D eigenvalue weighted by Gasteiger charge is -2.11. The lowest BCUT2D eigenvalue weighted by molar-refractivity contribution is -0.141. The quantitative estimate of drug-likeness (QED) is 0.835. The number of alkyl halides is 3. The van der Waals surface area contributed by atoms with Crippen LogP contribution in [0.5, 0.6) is 0 Å². The molecule has 0 saturated carbocycles. The fraction of sp³-hybridized carbons (Fsp3) is 0.167. The van der Waals surface area contributed by atoms with Crippen molar-refractivity contribution in [2.75, 3.05) is 0 Å². The fourth-order valence-electron chi connectivity index (χ4n) is 1.69. The van der Waals surface area contributed by atoms with Crippen LogP contribution in [-0.2, 0) is 12.7 Å². The van der Waals surface area contributed by atoms with Crippen LogP contribution in [-0.4, -0.2) is 9.97 Å². The van der Waals surface area contributed by atoms with Crippen LogP contribution in [0.2, 0.25) is 5.02 Å². The van der Waals surface area contributed by atoms with Gasteiger partial charge in [0.05, 0.1) is 10.6 Å². The highest BCUT2D eigenvalue weighted by Gasteiger charge is 2.34. The van der Waals surface area contributed by atoms with Gasteiger partial charge in [0, 0.05) is 18.2 Å². The molecule has 0 aliphatic rings. The normalized spacial score (nSPS) is 11.7. The van der Waals surface area contributed by atoms with Gasteiger partial charge in [-0.2, -0.15) is 13.2 Å². The average Bonchev–Trinajstić information content (AvgIpc) is 2.37. The Balaban J connectivity index is 2.74. The van der Waals surface area contributed by atoms with Gasteiger partial charge >= 0.3 is 6.18 Å². The second-order valence-electron chi connectivity index (χ2n) is 4.08. The van der Waals surface area contributed by atoms with Crippen molar-refractivity contribution in [3.8, 4) is 11.4 Å². The Morgan fingerprint density at radius 1 is 1.33 bits per heavy atom. The van der Waals surface area contributed by atoms with Gasteiger partial charge < -0.3 is 10.7 Å². The van der Waals surface area contributed by atoms with Crippen LogP contribution in [0.25, 0.3) is 11.4 Å². The fourth-order valence-corrected chi connectivity index (χ4v) is 1.93. The van der Waals surface area contributed by atoms with E-state index in [0.29, 0.717) is 0 Å². The number of nitrogens with two attached hydrogens (primary N) is 1. The third-order valence-electron chi connectivity index (χ3n) is 2.66. The number of nitrogens with zero attached hydrogens (tertiary/aromatic N) is 1. The van der Waals surface area contributed by atoms with Crippen molar-refractivity contribution in [2.24, 2.45) is 5.73 Å². The molecule has 21 heavy (non-hydrogen) atoms. The van der Waals surface area contributed by atoms with E-state index in [9.17, 15) is 22.4 Å². The number of aromatic amines is 1. The number of nitrogens with one attached hydrogen (secondary N) is 1. The summed E-state index contributed by atoms with van der Waals surface area (Å²) in [5.41, 5.74) is 2.43. The molecule has 0 atom stereocenters. The maximum absolute atomic E-state index is 14.2. The number of rotatable bonds is 2. The molecular formula is C12H8ClF4N3O. The molecule has 2 aromatic rings. The zero-order chi connectivity index (χ0) is 15.8. The van der Waals surface area contributed by atoms with E-state index in [2.05, 4.69) is 4.98 Å². The number of benzene rings is 1. The van der Waals surface area contributed by atoms with Crippen molar-refractivity contribution in [3.63, 3.8) is 0 Å². The summed E-state index contributed by atoms with van der Waals surface area (Å²) in [4.78, 5) is 16.6. The third-order valence-corrected chi connectivity index (χ3v) is 2.97. The Labute approximate surface area is 120 Å². The van der Waals surface area contributed by atoms with Gasteiger partial charge in [0.25, 0.3) is 5.56 Å². The maximum atomic E-state index is 14.2. The molecule has 2 rings (SSSR count). The molecule has 4 nitrogen and oxygen atoms in total. The summed E-state index contributed by atoms with van der Waals surface area (Å²) >= 11 is 5.79. The molecule has 0 spiro atoms. The standard InChI is InChI=1S/C12H8ClF4N3O/c13-6-2-1-5(4-18)10(14)9(6)11-19-7(12(15,16)17)3-8(21)20-11/h1-3H,4,18H2,(H,19,20,21). The number of aromatic nitrogens is 2. The van der Waals surface area contributed by atoms with E-state index < -0.39 is 34.6 Å². The molecule has 3 N–H and O–H groups in total. The summed E-state index contributed by atoms with van der Waals surface area (Å²) in [5.74, 6) is -1.53. The van der Waals surface area contributed by atoms with Gasteiger partial charge in [-0.25, -0.2) is 9.37 Å². The van der Waals surface area contributed by atoms with Gasteiger partial charge in [0.15, 0.2) is 5.69 Å². The minimum Gasteiger partial charge on any atom is -0.326 e. The van der Waals surface area contributed by atoms with E-state index in [-0.39, 0.29) is 23.2 Å². The van der Waals surface area contributed by atoms with Crippen molar-refractivity contribution >= 4 is 11.6 Å². The van der Waals surface area contributed by atoms with Crippen molar-refractivity contribution in [2.45, 2.75) is 12.7 Å². The highest BCUT2D eigenvalue weighted by atomic mass is 35.5. The van der Waals surface area contributed by atoms with Crippen LogP contribution < -0.4 is 11.3 Å². The lowest BCUT2D eigenvalue weighted by atomic mass is 10.1. The van der Waals surface area contributed by atoms with E-state index in [0.717, 1.165) is 0 Å². The average molecular weight is 322 g/mol. The largest absolute Gasteiger partial charge is 0.433 e. The molecule has 9 heteroatoms. The molecule has 1 aromatic carbocycles. The third kappa shape index (κ3) is 3.06. The SMILES string of the molecule is NCc1ccc(Cl)c(-c2nc(C(F)(F)F)cc(=O)[nH]2)c1F. The molecule has 0 bridgehead atoms. The Morgan fingerprint density at radius 2 is 2.00 bits per heavy atom. The first-order valence-corrected chi connectivity index (χ1v) is 5.97. The number of halogens is 5. The first kappa shape index (κ1) is 15.5. The molecule has 0 aliphatic carbocycles. The number of H-pyrrole nitrogens is 1. The molecule has 0 saturated heterocycles. The van der Waals surface area contributed by atoms with E-state index in [1.165, 1.54) is 12.1 Å². The molecule has 1 aromatic heterocycles. The van der Waals surface area contributed by atoms with Crippen LogP contribution in [0, 0.1) is 5.82 Å². The molecule has 0 unspecified atom stereocenters. The number of hydrogen-bond donors (Lipinski definition) is 2. The Morgan fingerprint density at radius 3 is 2.57 bits per heavy atom. The van der Waals surface area contributed by atoms with Crippen molar-refractivity contribution in [1.29, 1.82) is 0 Å². The van der Waals surface area contributed by atoms with Crippen LogP contribution in [0.4, 0.5) is 17.6 Å². The van der Waals surface area contributed by atoms with E-state index in [4.69, 9.17) is 17.3 Å². The van der Waals surface area contributed by atoms with Gasteiger partial charge in [-0.3, -0.25) is 4.79 Å². The minimum atomic E-state index is -4.84. The predicted octanol–water partition coefficient (Wildman–Crippen LogP) is 2.71. The minimum absolute atomic E-state index is 0.0365. The van der Waals surface area contributed by atoms with E-state index >= 15 is 0 Å². The first-order chi connectivity index (χ1) is 9.74. The van der Waals surface area contributed by atoms with Crippen LogP contribution in [0.1, 0.15) is 11.3 Å². The van der Waals surface area contributed by atoms with Crippen molar-refractivity contribution < 1.29 is 17.6 Å². The molecule has 0 amide bonds. The molecule has 0 aliphatic heterocycles. The summed E-state index contributed by atoms with van der Waals surface area (Å²) in [7, 11) is 0. The summed E-state index contributed by atoms with van der Waals surface area (Å²) in [6.45, 7) is -0.181. The highest BCUT2D eigenvalue weighted by Crippen LogP contribution is 2.32. The molecule has 0 fully saturated rings. The second kappa shape index (κ2) is 5.45. The Kier molecular flexibility index (Phi) is 4.02. The highest BCUT2D eigenvalue weighted by molar-refractivity contribution is 6.33. The molecular weight excluding hydrogens is 314 g/mol. The zero-order valence-electron chi connectivity index (χ0n) is 10.3. The first-order valence-electron chi connectivity index (χ1n) is 5.60. The smallest absolute Gasteiger partial charge is 0.326 e. The van der Waals surface area contributed by atoms with Gasteiger partial charge in [0.1, 0.15) is 11.6 Å². The van der Waals surface area contributed by atoms with Gasteiger partial charge in [0.2, 0.25) is 0 Å². The molecule has 112 valence electrons. The van der Waals surface area contributed by atoms with Crippen LogP contribution in [0.3, 0.4) is 0 Å². The zero-order valence-corrected chi connectivity index (χ0v) is 11.0. The summed E-state index contributed by atoms with van der Waals surface area (Å²) < 4.78 is 52.1. The predicted molar refractivity (Wildman–Crippen MR) is 68.2 cm³/mol. The van der Waals surface area contributed by atoms with E-state index in [1.54, 1.807) is 0 Å². The van der Waals surface area contributed by atoms with Gasteiger partial charge in [-0.15, -0.1) is 0 Å². The van der Waals surface area contributed by atoms with Gasteiger partial charge in [-0.1, -0.05) is 17.7 Å². The number of hydrogen-bond acceptors (Lipinski definition) is 3. The summed E-state index contributed by atoms with van der Waals surface area (Å²) in [5, 5.41) is -0.188. The van der Waals surface area contributed by atoms with Gasteiger partial charge in [-0.05, 0) is 6.07 Å². The summed E-state index contributed by atoms with van der Waals surface area (Å²) in [6, 6.07) is 2.84. The van der Waals surface area contributed by atoms with Crippen LogP contribution in [0.15, 0.2) is 23.0 Å².